The van der Waals surface area contributed by atoms with E-state index in [2.05, 4.69) is 9.97 Å². The lowest BCUT2D eigenvalue weighted by atomic mass is 10.1. The molecule has 2 unspecified atom stereocenters. The maximum atomic E-state index is 13.0. The van der Waals surface area contributed by atoms with Crippen molar-refractivity contribution in [1.82, 2.24) is 9.97 Å². The van der Waals surface area contributed by atoms with Crippen LogP contribution in [0.1, 0.15) is 23.4 Å². The molecule has 4 nitrogen and oxygen atoms in total. The largest absolute Gasteiger partial charge is 0.327 e. The smallest absolute Gasteiger partial charge is 0.251 e. The van der Waals surface area contributed by atoms with Gasteiger partial charge in [0.05, 0.1) is 5.25 Å². The Hall–Kier alpha value is -1.66. The molecule has 0 saturated heterocycles. The van der Waals surface area contributed by atoms with Gasteiger partial charge in [-0.1, -0.05) is 23.9 Å². The van der Waals surface area contributed by atoms with Crippen molar-refractivity contribution in [3.05, 3.63) is 57.8 Å². The number of nitrogens with zero attached hydrogens (tertiary/aromatic N) is 1. The molecule has 0 aliphatic rings. The van der Waals surface area contributed by atoms with Crippen molar-refractivity contribution in [3.8, 4) is 0 Å². The third kappa shape index (κ3) is 3.68. The Labute approximate surface area is 120 Å². The minimum atomic E-state index is -0.288. The highest BCUT2D eigenvalue weighted by molar-refractivity contribution is 7.99. The second-order valence-corrected chi connectivity index (χ2v) is 5.77. The van der Waals surface area contributed by atoms with E-state index in [9.17, 15) is 9.18 Å². The Morgan fingerprint density at radius 1 is 1.35 bits per heavy atom. The Bertz CT molecular complexity index is 640. The zero-order valence-electron chi connectivity index (χ0n) is 11.3. The van der Waals surface area contributed by atoms with E-state index in [4.69, 9.17) is 5.73 Å². The first-order valence-corrected chi connectivity index (χ1v) is 7.09. The molecule has 1 aromatic heterocycles. The predicted octanol–water partition coefficient (Wildman–Crippen LogP) is 2.40. The van der Waals surface area contributed by atoms with E-state index < -0.39 is 0 Å². The summed E-state index contributed by atoms with van der Waals surface area (Å²) in [7, 11) is 0. The average Bonchev–Trinajstić information content (AvgIpc) is 2.36. The molecule has 20 heavy (non-hydrogen) atoms. The van der Waals surface area contributed by atoms with Crippen LogP contribution in [0.4, 0.5) is 4.39 Å². The second kappa shape index (κ2) is 6.19. The number of aromatic nitrogens is 2. The molecule has 0 aliphatic carbocycles. The highest BCUT2D eigenvalue weighted by atomic mass is 32.2. The molecule has 1 aromatic carbocycles. The summed E-state index contributed by atoms with van der Waals surface area (Å²) in [6.07, 6.45) is 0. The number of aryl methyl sites for hydroxylation is 1. The lowest BCUT2D eigenvalue weighted by Crippen LogP contribution is -2.23. The van der Waals surface area contributed by atoms with Crippen LogP contribution in [0.25, 0.3) is 0 Å². The van der Waals surface area contributed by atoms with E-state index >= 15 is 0 Å². The van der Waals surface area contributed by atoms with Gasteiger partial charge in [0.25, 0.3) is 5.56 Å². The Morgan fingerprint density at radius 3 is 2.55 bits per heavy atom. The van der Waals surface area contributed by atoms with Gasteiger partial charge in [-0.25, -0.2) is 9.37 Å². The van der Waals surface area contributed by atoms with Crippen LogP contribution in [0, 0.1) is 12.7 Å². The van der Waals surface area contributed by atoms with Crippen LogP contribution < -0.4 is 11.3 Å². The molecule has 0 aliphatic heterocycles. The van der Waals surface area contributed by atoms with Crippen LogP contribution >= 0.6 is 11.8 Å². The van der Waals surface area contributed by atoms with E-state index in [1.165, 1.54) is 30.0 Å². The minimum absolute atomic E-state index is 0.111. The van der Waals surface area contributed by atoms with E-state index in [1.807, 2.05) is 6.92 Å². The molecule has 3 N–H and O–H groups in total. The zero-order chi connectivity index (χ0) is 14.7. The maximum absolute atomic E-state index is 13.0. The van der Waals surface area contributed by atoms with E-state index in [0.717, 1.165) is 5.56 Å². The van der Waals surface area contributed by atoms with Crippen LogP contribution in [-0.2, 0) is 0 Å². The summed E-state index contributed by atoms with van der Waals surface area (Å²) in [5, 5.41) is 0.405. The topological polar surface area (TPSA) is 71.8 Å². The summed E-state index contributed by atoms with van der Waals surface area (Å²) in [4.78, 5) is 18.4. The van der Waals surface area contributed by atoms with Gasteiger partial charge in [0, 0.05) is 17.8 Å². The number of nitrogens with one attached hydrogen (secondary N) is 1. The number of halogens is 1. The van der Waals surface area contributed by atoms with Gasteiger partial charge < -0.3 is 10.7 Å². The third-order valence-corrected chi connectivity index (χ3v) is 4.13. The first-order valence-electron chi connectivity index (χ1n) is 6.21. The molecule has 6 heteroatoms. The molecule has 0 amide bonds. The Morgan fingerprint density at radius 2 is 2.00 bits per heavy atom. The van der Waals surface area contributed by atoms with Crippen LogP contribution in [0.3, 0.4) is 0 Å². The Balaban J connectivity index is 2.30. The SMILES string of the molecule is Cc1cc(=O)[nH]c(SC(c2ccc(F)cc2)C(C)N)n1. The fourth-order valence-corrected chi connectivity index (χ4v) is 2.96. The summed E-state index contributed by atoms with van der Waals surface area (Å²) < 4.78 is 13.0. The maximum Gasteiger partial charge on any atom is 0.251 e. The third-order valence-electron chi connectivity index (χ3n) is 2.76. The Kier molecular flexibility index (Phi) is 4.57. The van der Waals surface area contributed by atoms with E-state index in [-0.39, 0.29) is 22.7 Å². The standard InChI is InChI=1S/C14H16FN3OS/c1-8-7-12(19)18-14(17-8)20-13(9(2)16)10-3-5-11(15)6-4-10/h3-7,9,13H,16H2,1-2H3,(H,17,18,19). The van der Waals surface area contributed by atoms with Crippen LogP contribution in [0.5, 0.6) is 0 Å². The predicted molar refractivity (Wildman–Crippen MR) is 78.2 cm³/mol. The highest BCUT2D eigenvalue weighted by Gasteiger charge is 2.19. The number of H-pyrrole nitrogens is 1. The fraction of sp³-hybridized carbons (Fsp3) is 0.286. The summed E-state index contributed by atoms with van der Waals surface area (Å²) >= 11 is 1.37. The molecule has 2 aromatic rings. The molecule has 0 bridgehead atoms. The zero-order valence-corrected chi connectivity index (χ0v) is 12.1. The highest BCUT2D eigenvalue weighted by Crippen LogP contribution is 2.35. The van der Waals surface area contributed by atoms with Gasteiger partial charge in [0.1, 0.15) is 5.82 Å². The van der Waals surface area contributed by atoms with Gasteiger partial charge in [-0.2, -0.15) is 0 Å². The summed E-state index contributed by atoms with van der Waals surface area (Å²) in [6.45, 7) is 3.63. The molecular formula is C14H16FN3OS. The van der Waals surface area contributed by atoms with Crippen molar-refractivity contribution in [2.45, 2.75) is 30.3 Å². The van der Waals surface area contributed by atoms with Crippen LogP contribution in [0.15, 0.2) is 40.3 Å². The molecule has 2 rings (SSSR count). The fourth-order valence-electron chi connectivity index (χ4n) is 1.86. The second-order valence-electron chi connectivity index (χ2n) is 4.64. The number of hydrogen-bond donors (Lipinski definition) is 2. The van der Waals surface area contributed by atoms with E-state index in [0.29, 0.717) is 10.9 Å². The number of hydrogen-bond acceptors (Lipinski definition) is 4. The first-order chi connectivity index (χ1) is 9.45. The van der Waals surface area contributed by atoms with Crippen molar-refractivity contribution < 1.29 is 4.39 Å². The molecular weight excluding hydrogens is 277 g/mol. The summed E-state index contributed by atoms with van der Waals surface area (Å²) in [5.41, 5.74) is 7.35. The van der Waals surface area contributed by atoms with Gasteiger partial charge in [0.2, 0.25) is 0 Å². The molecule has 2 atom stereocenters. The molecule has 106 valence electrons. The van der Waals surface area contributed by atoms with Gasteiger partial charge in [-0.3, -0.25) is 4.79 Å². The first kappa shape index (κ1) is 14.7. The monoisotopic (exact) mass is 293 g/mol. The summed E-state index contributed by atoms with van der Waals surface area (Å²) in [6, 6.07) is 7.46. The normalized spacial score (nSPS) is 14.0. The minimum Gasteiger partial charge on any atom is -0.327 e. The van der Waals surface area contributed by atoms with Crippen molar-refractivity contribution in [2.24, 2.45) is 5.73 Å². The van der Waals surface area contributed by atoms with E-state index in [1.54, 1.807) is 19.1 Å². The number of benzene rings is 1. The molecule has 0 fully saturated rings. The lowest BCUT2D eigenvalue weighted by Gasteiger charge is -2.20. The summed E-state index contributed by atoms with van der Waals surface area (Å²) in [5.74, 6) is -0.288. The van der Waals surface area contributed by atoms with Crippen LogP contribution in [-0.4, -0.2) is 16.0 Å². The van der Waals surface area contributed by atoms with Gasteiger partial charge >= 0.3 is 0 Å². The number of rotatable bonds is 4. The lowest BCUT2D eigenvalue weighted by molar-refractivity contribution is 0.625. The molecule has 1 heterocycles. The van der Waals surface area contributed by atoms with Gasteiger partial charge in [-0.15, -0.1) is 0 Å². The molecule has 0 saturated carbocycles. The van der Waals surface area contributed by atoms with Crippen LogP contribution in [0.2, 0.25) is 0 Å². The van der Waals surface area contributed by atoms with Crippen molar-refractivity contribution in [3.63, 3.8) is 0 Å². The van der Waals surface area contributed by atoms with Gasteiger partial charge in [-0.05, 0) is 31.5 Å². The van der Waals surface area contributed by atoms with Gasteiger partial charge in [0.15, 0.2) is 5.16 Å². The van der Waals surface area contributed by atoms with Crippen molar-refractivity contribution in [1.29, 1.82) is 0 Å². The number of nitrogens with two attached hydrogens (primary N) is 1. The van der Waals surface area contributed by atoms with Crippen molar-refractivity contribution >= 4 is 11.8 Å². The average molecular weight is 293 g/mol. The van der Waals surface area contributed by atoms with Crippen molar-refractivity contribution in [2.75, 3.05) is 0 Å². The number of aromatic amines is 1. The molecule has 0 radical (unpaired) electrons. The molecule has 0 spiro atoms. The number of thioether (sulfide) groups is 1. The quantitative estimate of drug-likeness (QED) is 0.670.